The molecule has 159 valence electrons. The fourth-order valence-corrected chi connectivity index (χ4v) is 5.71. The number of halogens is 1. The molecule has 3 aromatic rings. The van der Waals surface area contributed by atoms with Crippen LogP contribution in [-0.4, -0.2) is 28.2 Å². The summed E-state index contributed by atoms with van der Waals surface area (Å²) in [5.41, 5.74) is 3.30. The van der Waals surface area contributed by atoms with Gasteiger partial charge in [-0.25, -0.2) is 4.90 Å². The molecule has 1 aliphatic heterocycles. The Morgan fingerprint density at radius 3 is 2.34 bits per heavy atom. The van der Waals surface area contributed by atoms with Crippen LogP contribution in [0.25, 0.3) is 0 Å². The van der Waals surface area contributed by atoms with Crippen LogP contribution in [0.2, 0.25) is 0 Å². The highest BCUT2D eigenvalue weighted by Crippen LogP contribution is 2.34. The van der Waals surface area contributed by atoms with Crippen LogP contribution in [0.1, 0.15) is 27.9 Å². The van der Waals surface area contributed by atoms with Crippen molar-refractivity contribution in [3.8, 4) is 0 Å². The summed E-state index contributed by atoms with van der Waals surface area (Å²) < 4.78 is 0. The largest absolute Gasteiger partial charge is 0.322 e. The molecule has 1 saturated heterocycles. The Bertz CT molecular complexity index is 1140. The van der Waals surface area contributed by atoms with Gasteiger partial charge < -0.3 is 5.32 Å². The van der Waals surface area contributed by atoms with E-state index < -0.39 is 0 Å². The van der Waals surface area contributed by atoms with Crippen LogP contribution in [0.15, 0.2) is 78.9 Å². The fraction of sp³-hybridized carbons (Fsp3) is 0.125. The second-order valence-electron chi connectivity index (χ2n) is 7.43. The Kier molecular flexibility index (Phi) is 7.38. The molecule has 3 amide bonds. The van der Waals surface area contributed by atoms with Crippen molar-refractivity contribution in [2.45, 2.75) is 18.5 Å². The van der Waals surface area contributed by atoms with Crippen LogP contribution in [0, 0.1) is 0 Å². The lowest BCUT2D eigenvalue weighted by Gasteiger charge is -2.18. The maximum absolute atomic E-state index is 13.0. The number of carbonyl (C=O) groups excluding carboxylic acids is 3. The lowest BCUT2D eigenvalue weighted by Crippen LogP contribution is -2.33. The number of para-hydroxylation sites is 1. The summed E-state index contributed by atoms with van der Waals surface area (Å²) in [6.45, 7) is 0. The molecule has 2 atom stereocenters. The smallest absolute Gasteiger partial charge is 0.257 e. The highest BCUT2D eigenvalue weighted by Gasteiger charge is 2.40. The van der Waals surface area contributed by atoms with Crippen molar-refractivity contribution in [1.29, 1.82) is 0 Å². The normalized spacial score (nSPS) is 16.0. The predicted octanol–water partition coefficient (Wildman–Crippen LogP) is 4.81. The maximum atomic E-state index is 13.0. The molecule has 32 heavy (non-hydrogen) atoms. The van der Waals surface area contributed by atoms with E-state index in [2.05, 4.69) is 39.8 Å². The molecule has 8 heteroatoms. The Morgan fingerprint density at radius 2 is 1.62 bits per heavy atom. The van der Waals surface area contributed by atoms with Gasteiger partial charge in [-0.1, -0.05) is 54.6 Å². The van der Waals surface area contributed by atoms with E-state index >= 15 is 0 Å². The lowest BCUT2D eigenvalue weighted by atomic mass is 10.0. The number of nitrogens with one attached hydrogen (secondary N) is 1. The third-order valence-electron chi connectivity index (χ3n) is 5.26. The first kappa shape index (κ1) is 22.7. The van der Waals surface area contributed by atoms with Crippen molar-refractivity contribution < 1.29 is 14.4 Å². The molecule has 0 bridgehead atoms. The molecule has 5 nitrogen and oxygen atoms in total. The van der Waals surface area contributed by atoms with Gasteiger partial charge in [0.15, 0.2) is 0 Å². The Labute approximate surface area is 202 Å². The van der Waals surface area contributed by atoms with Crippen LogP contribution in [0.4, 0.5) is 11.4 Å². The van der Waals surface area contributed by atoms with E-state index in [4.69, 9.17) is 0 Å². The zero-order valence-corrected chi connectivity index (χ0v) is 20.3. The van der Waals surface area contributed by atoms with Crippen LogP contribution >= 0.6 is 30.8 Å². The van der Waals surface area contributed by atoms with Crippen molar-refractivity contribution in [3.05, 3.63) is 95.6 Å². The van der Waals surface area contributed by atoms with Gasteiger partial charge in [0.05, 0.1) is 16.9 Å². The number of hydrogen-bond acceptors (Lipinski definition) is 3. The van der Waals surface area contributed by atoms with Crippen LogP contribution in [0.5, 0.6) is 0 Å². The lowest BCUT2D eigenvalue weighted by molar-refractivity contribution is -0.121. The first-order valence-corrected chi connectivity index (χ1v) is 12.5. The second kappa shape index (κ2) is 10.4. The molecule has 0 aliphatic carbocycles. The van der Waals surface area contributed by atoms with Gasteiger partial charge in [0, 0.05) is 12.1 Å². The minimum Gasteiger partial charge on any atom is -0.322 e. The molecular weight excluding hydrogens is 533 g/mol. The average molecular weight is 553 g/mol. The highest BCUT2D eigenvalue weighted by atomic mass is 127. The summed E-state index contributed by atoms with van der Waals surface area (Å²) in [7, 11) is 0.272. The van der Waals surface area contributed by atoms with Crippen LogP contribution < -0.4 is 10.2 Å². The van der Waals surface area contributed by atoms with Crippen LogP contribution in [-0.2, 0) is 16.0 Å². The minimum atomic E-state index is -0.358. The Morgan fingerprint density at radius 1 is 0.969 bits per heavy atom. The summed E-state index contributed by atoms with van der Waals surface area (Å²) in [5.74, 6) is -0.869. The Hall–Kier alpha value is -2.51. The first-order chi connectivity index (χ1) is 15.6. The molecule has 0 spiro atoms. The Balaban J connectivity index is 1.50. The number of carbonyl (C=O) groups is 3. The molecule has 0 saturated carbocycles. The van der Waals surface area contributed by atoms with E-state index in [9.17, 15) is 14.4 Å². The molecule has 3 aromatic carbocycles. The van der Waals surface area contributed by atoms with E-state index in [1.54, 1.807) is 24.3 Å². The van der Waals surface area contributed by atoms with Gasteiger partial charge in [0.1, 0.15) is 0 Å². The average Bonchev–Trinajstić information content (AvgIpc) is 3.09. The van der Waals surface area contributed by atoms with E-state index in [1.807, 2.05) is 47.3 Å². The molecule has 1 heterocycles. The first-order valence-electron chi connectivity index (χ1n) is 10.1. The molecule has 1 radical (unpaired) electrons. The summed E-state index contributed by atoms with van der Waals surface area (Å²) in [5, 5.41) is 2.89. The van der Waals surface area contributed by atoms with Gasteiger partial charge in [0.2, 0.25) is 16.7 Å². The number of hydrogen-bond donors (Lipinski definition) is 1. The zero-order valence-electron chi connectivity index (χ0n) is 17.1. The monoisotopic (exact) mass is 553 g/mol. The van der Waals surface area contributed by atoms with Gasteiger partial charge in [-0.05, 0) is 41.8 Å². The van der Waals surface area contributed by atoms with Crippen molar-refractivity contribution in [1.82, 2.24) is 0 Å². The third kappa shape index (κ3) is 5.10. The second-order valence-corrected chi connectivity index (χ2v) is 10.5. The fourth-order valence-electron chi connectivity index (χ4n) is 3.69. The summed E-state index contributed by atoms with van der Waals surface area (Å²) in [6.07, 6.45) is 0.989. The molecule has 0 aromatic heterocycles. The SMILES string of the molecule is O=C(Nc1ccc(Cc2ccccc2)cc1)c1ccccc1N1C(=O)CC(P[B]I)C1=O. The molecule has 4 rings (SSSR count). The van der Waals surface area contributed by atoms with E-state index in [-0.39, 0.29) is 38.3 Å². The summed E-state index contributed by atoms with van der Waals surface area (Å²) in [4.78, 5) is 41.4. The number of imide groups is 1. The van der Waals surface area contributed by atoms with Crippen molar-refractivity contribution in [3.63, 3.8) is 0 Å². The summed E-state index contributed by atoms with van der Waals surface area (Å²) in [6, 6.07) is 24.6. The van der Waals surface area contributed by atoms with Gasteiger partial charge in [0.25, 0.3) is 5.91 Å². The quantitative estimate of drug-likeness (QED) is 0.198. The third-order valence-corrected chi connectivity index (χ3v) is 7.32. The van der Waals surface area contributed by atoms with Gasteiger partial charge in [-0.3, -0.25) is 14.4 Å². The standard InChI is InChI=1S/C24H20BIN2O3P/c26-25-32-21-15-22(29)28(24(21)31)20-9-5-4-8-19(20)23(30)27-18-12-10-17(11-13-18)14-16-6-2-1-3-7-16/h1-13,21,32H,14-15H2,(H,27,30). The predicted molar refractivity (Wildman–Crippen MR) is 139 cm³/mol. The van der Waals surface area contributed by atoms with Gasteiger partial charge in [-0.2, -0.15) is 22.4 Å². The number of nitrogens with zero attached hydrogens (tertiary/aromatic N) is 1. The van der Waals surface area contributed by atoms with Gasteiger partial charge in [-0.15, -0.1) is 8.46 Å². The topological polar surface area (TPSA) is 66.5 Å². The molecule has 1 N–H and O–H groups in total. The van der Waals surface area contributed by atoms with E-state index in [0.29, 0.717) is 16.9 Å². The molecule has 2 unspecified atom stereocenters. The van der Waals surface area contributed by atoms with E-state index in [0.717, 1.165) is 16.9 Å². The number of anilines is 2. The minimum absolute atomic E-state index is 0.176. The molecule has 1 aliphatic rings. The van der Waals surface area contributed by atoms with Crippen molar-refractivity contribution in [2.24, 2.45) is 0 Å². The number of benzene rings is 3. The molecular formula is C24H20BIN2O3P. The zero-order chi connectivity index (χ0) is 22.5. The summed E-state index contributed by atoms with van der Waals surface area (Å²) >= 11 is 2.10. The maximum Gasteiger partial charge on any atom is 0.257 e. The highest BCUT2D eigenvalue weighted by molar-refractivity contribution is 14.1. The van der Waals surface area contributed by atoms with Crippen molar-refractivity contribution >= 4 is 64.8 Å². The number of rotatable bonds is 7. The van der Waals surface area contributed by atoms with Gasteiger partial charge >= 0.3 is 0 Å². The number of amides is 3. The van der Waals surface area contributed by atoms with Crippen molar-refractivity contribution in [2.75, 3.05) is 10.2 Å². The van der Waals surface area contributed by atoms with Crippen LogP contribution in [0.3, 0.4) is 0 Å². The van der Waals surface area contributed by atoms with E-state index in [1.165, 1.54) is 5.56 Å². The molecule has 1 fully saturated rings.